The fourth-order valence-electron chi connectivity index (χ4n) is 0.881. The van der Waals surface area contributed by atoms with Crippen molar-refractivity contribution in [2.75, 3.05) is 28.2 Å². The van der Waals surface area contributed by atoms with E-state index in [0.29, 0.717) is 11.4 Å². The molecule has 0 radical (unpaired) electrons. The second kappa shape index (κ2) is 4.54. The predicted molar refractivity (Wildman–Crippen MR) is 53.8 cm³/mol. The number of rotatable bonds is 3. The standard InChI is InChI=1S/C9H17N3O/c1-6-7(10)8(11(2)3)9(13)12(4)5/h6H,1,10H2,2-5H3/b8-7-. The van der Waals surface area contributed by atoms with Crippen LogP contribution in [-0.2, 0) is 4.79 Å². The van der Waals surface area contributed by atoms with E-state index in [0.717, 1.165) is 0 Å². The maximum Gasteiger partial charge on any atom is 0.271 e. The number of nitrogens with two attached hydrogens (primary N) is 1. The van der Waals surface area contributed by atoms with Gasteiger partial charge in [0, 0.05) is 28.2 Å². The van der Waals surface area contributed by atoms with E-state index in [1.54, 1.807) is 33.1 Å². The number of carbonyl (C=O) groups is 1. The number of amides is 1. The number of likely N-dealkylation sites (N-methyl/N-ethyl adjacent to an activating group) is 2. The third-order valence-electron chi connectivity index (χ3n) is 1.55. The van der Waals surface area contributed by atoms with Gasteiger partial charge in [0.1, 0.15) is 5.70 Å². The minimum absolute atomic E-state index is 0.123. The Morgan fingerprint density at radius 1 is 1.23 bits per heavy atom. The Morgan fingerprint density at radius 2 is 1.69 bits per heavy atom. The number of hydrogen-bond donors (Lipinski definition) is 1. The van der Waals surface area contributed by atoms with Crippen LogP contribution >= 0.6 is 0 Å². The first-order valence-electron chi connectivity index (χ1n) is 3.93. The Balaban J connectivity index is 5.05. The van der Waals surface area contributed by atoms with Gasteiger partial charge in [-0.1, -0.05) is 6.58 Å². The van der Waals surface area contributed by atoms with Gasteiger partial charge in [-0.3, -0.25) is 4.79 Å². The van der Waals surface area contributed by atoms with Gasteiger partial charge in [0.2, 0.25) is 0 Å². The highest BCUT2D eigenvalue weighted by Crippen LogP contribution is 2.06. The molecule has 0 aliphatic carbocycles. The highest BCUT2D eigenvalue weighted by atomic mass is 16.2. The van der Waals surface area contributed by atoms with Crippen LogP contribution in [0.25, 0.3) is 0 Å². The molecule has 0 fully saturated rings. The lowest BCUT2D eigenvalue weighted by molar-refractivity contribution is -0.126. The zero-order valence-corrected chi connectivity index (χ0v) is 8.66. The SMILES string of the molecule is C=C/C(N)=C(\C(=O)N(C)C)N(C)C. The molecule has 0 rings (SSSR count). The van der Waals surface area contributed by atoms with Crippen LogP contribution in [0.1, 0.15) is 0 Å². The van der Waals surface area contributed by atoms with E-state index in [1.807, 2.05) is 0 Å². The largest absolute Gasteiger partial charge is 0.397 e. The molecular formula is C9H17N3O. The van der Waals surface area contributed by atoms with Crippen LogP contribution in [0.5, 0.6) is 0 Å². The summed E-state index contributed by atoms with van der Waals surface area (Å²) in [6.07, 6.45) is 1.47. The van der Waals surface area contributed by atoms with Gasteiger partial charge in [-0.25, -0.2) is 0 Å². The summed E-state index contributed by atoms with van der Waals surface area (Å²) >= 11 is 0. The van der Waals surface area contributed by atoms with Crippen molar-refractivity contribution < 1.29 is 4.79 Å². The maximum atomic E-state index is 11.6. The van der Waals surface area contributed by atoms with Gasteiger partial charge in [-0.05, 0) is 6.08 Å². The molecular weight excluding hydrogens is 166 g/mol. The molecule has 0 aromatic heterocycles. The van der Waals surface area contributed by atoms with Gasteiger partial charge in [-0.15, -0.1) is 0 Å². The number of hydrogen-bond acceptors (Lipinski definition) is 3. The van der Waals surface area contributed by atoms with Crippen LogP contribution in [0.15, 0.2) is 24.0 Å². The van der Waals surface area contributed by atoms with E-state index < -0.39 is 0 Å². The van der Waals surface area contributed by atoms with E-state index in [9.17, 15) is 4.79 Å². The summed E-state index contributed by atoms with van der Waals surface area (Å²) in [6, 6.07) is 0. The second-order valence-corrected chi connectivity index (χ2v) is 3.10. The summed E-state index contributed by atoms with van der Waals surface area (Å²) in [5.41, 5.74) is 6.48. The van der Waals surface area contributed by atoms with Gasteiger partial charge >= 0.3 is 0 Å². The minimum atomic E-state index is -0.123. The number of nitrogens with zero attached hydrogens (tertiary/aromatic N) is 2. The lowest BCUT2D eigenvalue weighted by Gasteiger charge is -2.21. The Hall–Kier alpha value is -1.45. The van der Waals surface area contributed by atoms with E-state index in [-0.39, 0.29) is 5.91 Å². The molecule has 0 saturated carbocycles. The molecule has 0 aliphatic rings. The first kappa shape index (κ1) is 11.6. The van der Waals surface area contributed by atoms with Crippen molar-refractivity contribution in [2.24, 2.45) is 5.73 Å². The van der Waals surface area contributed by atoms with Crippen molar-refractivity contribution >= 4 is 5.91 Å². The molecule has 74 valence electrons. The van der Waals surface area contributed by atoms with Crippen LogP contribution < -0.4 is 5.73 Å². The van der Waals surface area contributed by atoms with Gasteiger partial charge in [0.25, 0.3) is 5.91 Å². The molecule has 0 atom stereocenters. The molecule has 4 nitrogen and oxygen atoms in total. The fraction of sp³-hybridized carbons (Fsp3) is 0.444. The summed E-state index contributed by atoms with van der Waals surface area (Å²) in [5, 5.41) is 0. The van der Waals surface area contributed by atoms with Crippen LogP contribution in [0, 0.1) is 0 Å². The molecule has 0 unspecified atom stereocenters. The van der Waals surface area contributed by atoms with Crippen molar-refractivity contribution in [3.05, 3.63) is 24.0 Å². The second-order valence-electron chi connectivity index (χ2n) is 3.10. The summed E-state index contributed by atoms with van der Waals surface area (Å²) in [7, 11) is 6.91. The molecule has 0 aromatic rings. The van der Waals surface area contributed by atoms with Crippen molar-refractivity contribution in [3.63, 3.8) is 0 Å². The molecule has 0 bridgehead atoms. The van der Waals surface area contributed by atoms with E-state index in [4.69, 9.17) is 5.73 Å². The summed E-state index contributed by atoms with van der Waals surface area (Å²) in [6.45, 7) is 3.53. The van der Waals surface area contributed by atoms with Crippen LogP contribution in [0.3, 0.4) is 0 Å². The zero-order chi connectivity index (χ0) is 10.6. The van der Waals surface area contributed by atoms with E-state index >= 15 is 0 Å². The van der Waals surface area contributed by atoms with Crippen molar-refractivity contribution in [1.82, 2.24) is 9.80 Å². The van der Waals surface area contributed by atoms with Gasteiger partial charge in [0.15, 0.2) is 0 Å². The third kappa shape index (κ3) is 2.82. The van der Waals surface area contributed by atoms with Crippen LogP contribution in [0.4, 0.5) is 0 Å². The first-order valence-corrected chi connectivity index (χ1v) is 3.93. The molecule has 4 heteroatoms. The van der Waals surface area contributed by atoms with Gasteiger partial charge in [0.05, 0.1) is 5.70 Å². The summed E-state index contributed by atoms with van der Waals surface area (Å²) < 4.78 is 0. The van der Waals surface area contributed by atoms with Crippen molar-refractivity contribution in [3.8, 4) is 0 Å². The van der Waals surface area contributed by atoms with E-state index in [1.165, 1.54) is 11.0 Å². The van der Waals surface area contributed by atoms with Crippen molar-refractivity contribution in [1.29, 1.82) is 0 Å². The van der Waals surface area contributed by atoms with E-state index in [2.05, 4.69) is 6.58 Å². The quantitative estimate of drug-likeness (QED) is 0.494. The smallest absolute Gasteiger partial charge is 0.271 e. The summed E-state index contributed by atoms with van der Waals surface area (Å²) in [5.74, 6) is -0.123. The Labute approximate surface area is 79.3 Å². The molecule has 1 amide bonds. The average molecular weight is 183 g/mol. The Kier molecular flexibility index (Phi) is 4.04. The number of carbonyl (C=O) groups excluding carboxylic acids is 1. The highest BCUT2D eigenvalue weighted by Gasteiger charge is 2.16. The first-order chi connectivity index (χ1) is 5.91. The zero-order valence-electron chi connectivity index (χ0n) is 8.66. The normalized spacial score (nSPS) is 11.7. The third-order valence-corrected chi connectivity index (χ3v) is 1.55. The molecule has 13 heavy (non-hydrogen) atoms. The lowest BCUT2D eigenvalue weighted by Crippen LogP contribution is -2.32. The topological polar surface area (TPSA) is 49.6 Å². The Morgan fingerprint density at radius 3 is 1.92 bits per heavy atom. The van der Waals surface area contributed by atoms with Crippen molar-refractivity contribution in [2.45, 2.75) is 0 Å². The predicted octanol–water partition coefficient (Wildman–Crippen LogP) is -0.00750. The molecule has 2 N–H and O–H groups in total. The maximum absolute atomic E-state index is 11.6. The molecule has 0 spiro atoms. The lowest BCUT2D eigenvalue weighted by atomic mass is 10.2. The number of allylic oxidation sites excluding steroid dienone is 1. The molecule has 0 saturated heterocycles. The van der Waals surface area contributed by atoms with Crippen LogP contribution in [-0.4, -0.2) is 43.9 Å². The fourth-order valence-corrected chi connectivity index (χ4v) is 0.881. The Bertz CT molecular complexity index is 241. The molecule has 0 aliphatic heterocycles. The minimum Gasteiger partial charge on any atom is -0.397 e. The monoisotopic (exact) mass is 183 g/mol. The molecule has 0 heterocycles. The van der Waals surface area contributed by atoms with Gasteiger partial charge < -0.3 is 15.5 Å². The molecule has 0 aromatic carbocycles. The highest BCUT2D eigenvalue weighted by molar-refractivity contribution is 5.93. The van der Waals surface area contributed by atoms with Gasteiger partial charge in [-0.2, -0.15) is 0 Å². The average Bonchev–Trinajstić information content (AvgIpc) is 2.03. The van der Waals surface area contributed by atoms with Crippen LogP contribution in [0.2, 0.25) is 0 Å². The summed E-state index contributed by atoms with van der Waals surface area (Å²) in [4.78, 5) is 14.7.